The van der Waals surface area contributed by atoms with E-state index >= 15 is 0 Å². The van der Waals surface area contributed by atoms with E-state index in [1.165, 1.54) is 0 Å². The highest BCUT2D eigenvalue weighted by molar-refractivity contribution is 5.75. The molecule has 21 heavy (non-hydrogen) atoms. The van der Waals surface area contributed by atoms with Gasteiger partial charge in [-0.3, -0.25) is 0 Å². The van der Waals surface area contributed by atoms with Gasteiger partial charge in [0.2, 0.25) is 0 Å². The van der Waals surface area contributed by atoms with E-state index in [-0.39, 0.29) is 0 Å². The number of aryl methyl sites for hydroxylation is 1. The van der Waals surface area contributed by atoms with Crippen molar-refractivity contribution in [3.63, 3.8) is 0 Å². The SMILES string of the molecule is COc1ccccc1-n1nnnc1-c1c(C)cccc1N. The van der Waals surface area contributed by atoms with Gasteiger partial charge in [-0.05, 0) is 41.1 Å². The number of ether oxygens (including phenoxy) is 1. The Hall–Kier alpha value is -2.89. The monoisotopic (exact) mass is 281 g/mol. The Labute approximate surface area is 122 Å². The van der Waals surface area contributed by atoms with Crippen LogP contribution in [0.25, 0.3) is 17.1 Å². The minimum atomic E-state index is 0.593. The first-order chi connectivity index (χ1) is 10.2. The molecule has 0 aliphatic heterocycles. The van der Waals surface area contributed by atoms with Crippen molar-refractivity contribution in [2.75, 3.05) is 12.8 Å². The predicted molar refractivity (Wildman–Crippen MR) is 80.3 cm³/mol. The quantitative estimate of drug-likeness (QED) is 0.745. The molecule has 1 heterocycles. The molecule has 0 saturated carbocycles. The molecule has 3 rings (SSSR count). The minimum Gasteiger partial charge on any atom is -0.494 e. The second kappa shape index (κ2) is 5.24. The largest absolute Gasteiger partial charge is 0.494 e. The maximum Gasteiger partial charge on any atom is 0.189 e. The smallest absolute Gasteiger partial charge is 0.189 e. The third kappa shape index (κ3) is 2.20. The van der Waals surface area contributed by atoms with Crippen molar-refractivity contribution in [1.82, 2.24) is 20.2 Å². The number of rotatable bonds is 3. The molecule has 2 N–H and O–H groups in total. The standard InChI is InChI=1S/C15H15N5O/c1-10-6-5-7-11(16)14(10)15-17-18-19-20(15)12-8-3-4-9-13(12)21-2/h3-9H,16H2,1-2H3. The van der Waals surface area contributed by atoms with Gasteiger partial charge in [-0.1, -0.05) is 24.3 Å². The van der Waals surface area contributed by atoms with Crippen molar-refractivity contribution in [3.05, 3.63) is 48.0 Å². The van der Waals surface area contributed by atoms with E-state index in [0.29, 0.717) is 17.3 Å². The summed E-state index contributed by atoms with van der Waals surface area (Å²) in [5, 5.41) is 12.0. The Morgan fingerprint density at radius 1 is 1.10 bits per heavy atom. The lowest BCUT2D eigenvalue weighted by molar-refractivity contribution is 0.411. The Bertz CT molecular complexity index is 761. The van der Waals surface area contributed by atoms with Gasteiger partial charge in [-0.2, -0.15) is 4.68 Å². The summed E-state index contributed by atoms with van der Waals surface area (Å²) < 4.78 is 7.01. The van der Waals surface area contributed by atoms with Crippen LogP contribution in [0.3, 0.4) is 0 Å². The number of anilines is 1. The number of hydrogen-bond acceptors (Lipinski definition) is 5. The van der Waals surface area contributed by atoms with E-state index in [4.69, 9.17) is 10.5 Å². The van der Waals surface area contributed by atoms with Crippen molar-refractivity contribution in [2.45, 2.75) is 6.92 Å². The van der Waals surface area contributed by atoms with Crippen molar-refractivity contribution in [3.8, 4) is 22.8 Å². The van der Waals surface area contributed by atoms with Gasteiger partial charge < -0.3 is 10.5 Å². The number of aromatic nitrogens is 4. The maximum absolute atomic E-state index is 6.09. The zero-order chi connectivity index (χ0) is 14.8. The van der Waals surface area contributed by atoms with Crippen LogP contribution in [0.15, 0.2) is 42.5 Å². The third-order valence-electron chi connectivity index (χ3n) is 3.31. The molecule has 0 fully saturated rings. The Balaban J connectivity index is 2.23. The third-order valence-corrected chi connectivity index (χ3v) is 3.31. The number of nitrogen functional groups attached to an aromatic ring is 1. The van der Waals surface area contributed by atoms with Crippen LogP contribution in [-0.4, -0.2) is 27.3 Å². The molecule has 0 aliphatic rings. The fourth-order valence-corrected chi connectivity index (χ4v) is 2.31. The van der Waals surface area contributed by atoms with E-state index in [1.54, 1.807) is 11.8 Å². The number of benzene rings is 2. The average molecular weight is 281 g/mol. The Morgan fingerprint density at radius 3 is 2.67 bits per heavy atom. The van der Waals surface area contributed by atoms with Crippen molar-refractivity contribution >= 4 is 5.69 Å². The molecule has 0 bridgehead atoms. The highest BCUT2D eigenvalue weighted by Gasteiger charge is 2.17. The van der Waals surface area contributed by atoms with Gasteiger partial charge in [-0.15, -0.1) is 5.10 Å². The summed E-state index contributed by atoms with van der Waals surface area (Å²) in [4.78, 5) is 0. The molecule has 0 radical (unpaired) electrons. The van der Waals surface area contributed by atoms with Gasteiger partial charge in [0.05, 0.1) is 7.11 Å². The number of methoxy groups -OCH3 is 1. The average Bonchev–Trinajstić information content (AvgIpc) is 2.96. The van der Waals surface area contributed by atoms with Gasteiger partial charge in [0.15, 0.2) is 5.82 Å². The topological polar surface area (TPSA) is 78.8 Å². The van der Waals surface area contributed by atoms with Gasteiger partial charge >= 0.3 is 0 Å². The van der Waals surface area contributed by atoms with Gasteiger partial charge in [0.1, 0.15) is 11.4 Å². The van der Waals surface area contributed by atoms with Crippen molar-refractivity contribution < 1.29 is 4.74 Å². The number of tetrazole rings is 1. The number of nitrogens with zero attached hydrogens (tertiary/aromatic N) is 4. The molecule has 2 aromatic carbocycles. The van der Waals surface area contributed by atoms with Gasteiger partial charge in [-0.25, -0.2) is 0 Å². The van der Waals surface area contributed by atoms with E-state index in [9.17, 15) is 0 Å². The zero-order valence-electron chi connectivity index (χ0n) is 11.8. The lowest BCUT2D eigenvalue weighted by Crippen LogP contribution is -2.04. The summed E-state index contributed by atoms with van der Waals surface area (Å²) in [5.74, 6) is 1.29. The molecular weight excluding hydrogens is 266 g/mol. The van der Waals surface area contributed by atoms with Crippen LogP contribution in [-0.2, 0) is 0 Å². The zero-order valence-corrected chi connectivity index (χ0v) is 11.8. The second-order valence-electron chi connectivity index (χ2n) is 4.63. The summed E-state index contributed by atoms with van der Waals surface area (Å²) in [5.41, 5.74) is 9.34. The molecule has 0 atom stereocenters. The lowest BCUT2D eigenvalue weighted by atomic mass is 10.1. The summed E-state index contributed by atoms with van der Waals surface area (Å²) in [6, 6.07) is 13.3. The molecule has 0 amide bonds. The number of nitrogens with two attached hydrogens (primary N) is 1. The lowest BCUT2D eigenvalue weighted by Gasteiger charge is -2.11. The first-order valence-corrected chi connectivity index (χ1v) is 6.49. The van der Waals surface area contributed by atoms with Crippen LogP contribution in [0.5, 0.6) is 5.75 Å². The predicted octanol–water partition coefficient (Wildman–Crippen LogP) is 2.23. The van der Waals surface area contributed by atoms with Gasteiger partial charge in [0, 0.05) is 11.3 Å². The van der Waals surface area contributed by atoms with Crippen molar-refractivity contribution in [1.29, 1.82) is 0 Å². The Kier molecular flexibility index (Phi) is 3.27. The van der Waals surface area contributed by atoms with E-state index in [0.717, 1.165) is 16.8 Å². The van der Waals surface area contributed by atoms with Crippen LogP contribution >= 0.6 is 0 Å². The van der Waals surface area contributed by atoms with Crippen molar-refractivity contribution in [2.24, 2.45) is 0 Å². The molecule has 6 heteroatoms. The molecule has 0 saturated heterocycles. The van der Waals surface area contributed by atoms with E-state index in [2.05, 4.69) is 15.5 Å². The molecule has 0 spiro atoms. The first-order valence-electron chi connectivity index (χ1n) is 6.49. The fourth-order valence-electron chi connectivity index (χ4n) is 2.31. The summed E-state index contributed by atoms with van der Waals surface area (Å²) in [6.07, 6.45) is 0. The minimum absolute atomic E-state index is 0.593. The summed E-state index contributed by atoms with van der Waals surface area (Å²) in [7, 11) is 1.62. The summed E-state index contributed by atoms with van der Waals surface area (Å²) in [6.45, 7) is 1.98. The van der Waals surface area contributed by atoms with E-state index < -0.39 is 0 Å². The number of para-hydroxylation sites is 2. The second-order valence-corrected chi connectivity index (χ2v) is 4.63. The molecule has 1 aromatic heterocycles. The molecule has 0 aliphatic carbocycles. The van der Waals surface area contributed by atoms with Crippen LogP contribution in [0.2, 0.25) is 0 Å². The first kappa shape index (κ1) is 13.1. The molecule has 6 nitrogen and oxygen atoms in total. The molecule has 3 aromatic rings. The highest BCUT2D eigenvalue weighted by Crippen LogP contribution is 2.31. The number of hydrogen-bond donors (Lipinski definition) is 1. The summed E-state index contributed by atoms with van der Waals surface area (Å²) >= 11 is 0. The highest BCUT2D eigenvalue weighted by atomic mass is 16.5. The van der Waals surface area contributed by atoms with Crippen LogP contribution in [0.4, 0.5) is 5.69 Å². The van der Waals surface area contributed by atoms with E-state index in [1.807, 2.05) is 49.4 Å². The van der Waals surface area contributed by atoms with Crippen LogP contribution in [0, 0.1) is 6.92 Å². The van der Waals surface area contributed by atoms with Crippen LogP contribution in [0.1, 0.15) is 5.56 Å². The molecular formula is C15H15N5O. The Morgan fingerprint density at radius 2 is 1.90 bits per heavy atom. The molecule has 106 valence electrons. The van der Waals surface area contributed by atoms with Crippen LogP contribution < -0.4 is 10.5 Å². The normalized spacial score (nSPS) is 10.6. The molecule has 0 unspecified atom stereocenters. The fraction of sp³-hybridized carbons (Fsp3) is 0.133. The maximum atomic E-state index is 6.09. The van der Waals surface area contributed by atoms with Gasteiger partial charge in [0.25, 0.3) is 0 Å².